The second kappa shape index (κ2) is 27.7. The largest absolute Gasteiger partial charge is 0.348 e. The molecule has 6 amide bonds. The van der Waals surface area contributed by atoms with Crippen LogP contribution in [0.3, 0.4) is 0 Å². The molecule has 0 bridgehead atoms. The average Bonchev–Trinajstić information content (AvgIpc) is 0.747. The molecule has 510 valence electrons. The summed E-state index contributed by atoms with van der Waals surface area (Å²) < 4.78 is 442. The highest BCUT2D eigenvalue weighted by molar-refractivity contribution is 5.98. The fraction of sp³-hybridized carbons (Fsp3) is 0.111. The molecule has 0 fully saturated rings. The van der Waals surface area contributed by atoms with Crippen LogP contribution >= 0.6 is 0 Å². The van der Waals surface area contributed by atoms with Crippen LogP contribution in [-0.2, 0) is 39.3 Å². The van der Waals surface area contributed by atoms with Crippen LogP contribution in [0.4, 0.5) is 132 Å². The topological polar surface area (TPSA) is 175 Å². The second-order valence-electron chi connectivity index (χ2n) is 18.6. The third kappa shape index (κ3) is 12.6. The van der Waals surface area contributed by atoms with Gasteiger partial charge in [0.25, 0.3) is 35.4 Å². The Bertz CT molecular complexity index is 3660. The summed E-state index contributed by atoms with van der Waals surface area (Å²) in [4.78, 5) is 82.0. The first kappa shape index (κ1) is 72.7. The van der Waals surface area contributed by atoms with Crippen molar-refractivity contribution < 1.29 is 160 Å². The maximum Gasteiger partial charge on any atom is 0.257 e. The molecule has 0 aliphatic carbocycles. The smallest absolute Gasteiger partial charge is 0.257 e. The van der Waals surface area contributed by atoms with Gasteiger partial charge in [0.2, 0.25) is 34.9 Å². The van der Waals surface area contributed by atoms with E-state index < -0.39 is 316 Å². The molecule has 0 saturated carbocycles. The molecule has 0 aliphatic rings. The fourth-order valence-corrected chi connectivity index (χ4v) is 8.74. The van der Waals surface area contributed by atoms with Gasteiger partial charge in [-0.25, -0.2) is 132 Å². The van der Waals surface area contributed by atoms with Crippen LogP contribution in [0, 0.1) is 175 Å². The number of hydrogen-bond acceptors (Lipinski definition) is 6. The normalized spacial score (nSPS) is 11.3. The van der Waals surface area contributed by atoms with Crippen molar-refractivity contribution in [2.75, 3.05) is 0 Å². The Morgan fingerprint density at radius 2 is 0.219 bits per heavy atom. The summed E-state index contributed by atoms with van der Waals surface area (Å²) in [7, 11) is 0. The maximum atomic E-state index is 15.2. The van der Waals surface area contributed by atoms with E-state index in [1.165, 1.54) is 31.9 Å². The molecule has 0 aromatic heterocycles. The first-order valence-electron chi connectivity index (χ1n) is 24.6. The van der Waals surface area contributed by atoms with Crippen molar-refractivity contribution in [1.82, 2.24) is 31.9 Å². The summed E-state index contributed by atoms with van der Waals surface area (Å²) in [5.41, 5.74) is -25.5. The summed E-state index contributed by atoms with van der Waals surface area (Å²) >= 11 is 0. The molecule has 7 rings (SSSR count). The third-order valence-electron chi connectivity index (χ3n) is 13.4. The molecule has 0 saturated heterocycles. The minimum absolute atomic E-state index is 1.30. The minimum atomic E-state index is -3.07. The van der Waals surface area contributed by atoms with Gasteiger partial charge in [-0.05, 0) is 33.4 Å². The molecule has 0 atom stereocenters. The highest BCUT2D eigenvalue weighted by Crippen LogP contribution is 2.35. The molecule has 0 spiro atoms. The fourth-order valence-electron chi connectivity index (χ4n) is 8.74. The number of rotatable bonds is 18. The van der Waals surface area contributed by atoms with Crippen LogP contribution < -0.4 is 31.9 Å². The lowest BCUT2D eigenvalue weighted by molar-refractivity contribution is 0.0923. The van der Waals surface area contributed by atoms with Crippen LogP contribution in [0.25, 0.3) is 0 Å². The molecular weight excluding hydrogens is 1400 g/mol. The number of carbonyl (C=O) groups is 6. The summed E-state index contributed by atoms with van der Waals surface area (Å²) in [6, 6.07) is 0. The van der Waals surface area contributed by atoms with Gasteiger partial charge < -0.3 is 31.9 Å². The minimum Gasteiger partial charge on any atom is -0.348 e. The highest BCUT2D eigenvalue weighted by Gasteiger charge is 2.38. The Morgan fingerprint density at radius 1 is 0.146 bits per heavy atom. The molecule has 6 N–H and O–H groups in total. The summed E-state index contributed by atoms with van der Waals surface area (Å²) in [6.07, 6.45) is 0. The van der Waals surface area contributed by atoms with Gasteiger partial charge in [0.1, 0.15) is 33.4 Å². The van der Waals surface area contributed by atoms with Crippen molar-refractivity contribution in [3.05, 3.63) is 241 Å². The number of hydrogen-bond donors (Lipinski definition) is 6. The maximum absolute atomic E-state index is 15.2. The predicted molar refractivity (Wildman–Crippen MR) is 251 cm³/mol. The van der Waals surface area contributed by atoms with Gasteiger partial charge in [-0.15, -0.1) is 0 Å². The van der Waals surface area contributed by atoms with E-state index in [4.69, 9.17) is 0 Å². The number of carbonyl (C=O) groups excluding carboxylic acids is 6. The SMILES string of the molecule is O=C(NCc1c(CNC(=O)c2c(F)c(F)c(F)c(F)c2F)c(CNC(=O)c2c(F)c(F)c(F)c(F)c2F)c(CNC(=O)c2c(F)c(F)c(F)c(F)c2F)c(CNC(=O)c2c(F)c(F)c(F)c(F)c2F)c1CNC(=O)c1c(F)c(F)c(F)c(F)c1F)c1c(F)c(F)c(F)c(F)c1F. The molecular formula is C54H18F30N6O6. The molecule has 7 aromatic rings. The quantitative estimate of drug-likeness (QED) is 0.0283. The molecule has 0 heterocycles. The zero-order valence-corrected chi connectivity index (χ0v) is 45.0. The van der Waals surface area contributed by atoms with E-state index in [2.05, 4.69) is 0 Å². The Morgan fingerprint density at radius 3 is 0.302 bits per heavy atom. The molecule has 42 heteroatoms. The van der Waals surface area contributed by atoms with Crippen molar-refractivity contribution in [1.29, 1.82) is 0 Å². The number of halogens is 30. The Hall–Kier alpha value is -10.7. The van der Waals surface area contributed by atoms with Gasteiger partial charge in [0.15, 0.2) is 140 Å². The lowest BCUT2D eigenvalue weighted by atomic mass is 9.85. The first-order valence-corrected chi connectivity index (χ1v) is 24.6. The highest BCUT2D eigenvalue weighted by atomic mass is 19.2. The van der Waals surface area contributed by atoms with Crippen molar-refractivity contribution in [3.63, 3.8) is 0 Å². The molecule has 7 aromatic carbocycles. The van der Waals surface area contributed by atoms with E-state index in [-0.39, 0.29) is 0 Å². The molecule has 0 radical (unpaired) electrons. The van der Waals surface area contributed by atoms with Crippen LogP contribution in [0.1, 0.15) is 95.5 Å². The predicted octanol–water partition coefficient (Wildman–Crippen LogP) is 11.4. The van der Waals surface area contributed by atoms with E-state index in [0.29, 0.717) is 0 Å². The number of benzene rings is 7. The zero-order chi connectivity index (χ0) is 72.2. The van der Waals surface area contributed by atoms with Crippen LogP contribution in [-0.4, -0.2) is 35.4 Å². The Balaban J connectivity index is 1.65. The molecule has 0 aliphatic heterocycles. The molecule has 96 heavy (non-hydrogen) atoms. The van der Waals surface area contributed by atoms with Gasteiger partial charge >= 0.3 is 0 Å². The number of nitrogens with one attached hydrogen (secondary N) is 6. The van der Waals surface area contributed by atoms with E-state index in [1.807, 2.05) is 0 Å². The van der Waals surface area contributed by atoms with Crippen molar-refractivity contribution >= 4 is 35.4 Å². The lowest BCUT2D eigenvalue weighted by Crippen LogP contribution is -2.36. The van der Waals surface area contributed by atoms with E-state index in [1.54, 1.807) is 0 Å². The van der Waals surface area contributed by atoms with Crippen molar-refractivity contribution in [3.8, 4) is 0 Å². The van der Waals surface area contributed by atoms with E-state index >= 15 is 52.7 Å². The average molecular weight is 1420 g/mol. The number of amides is 6. The van der Waals surface area contributed by atoms with Gasteiger partial charge in [-0.2, -0.15) is 0 Å². The Kier molecular flexibility index (Phi) is 21.0. The monoisotopic (exact) mass is 1420 g/mol. The van der Waals surface area contributed by atoms with E-state index in [9.17, 15) is 108 Å². The summed E-state index contributed by atoms with van der Waals surface area (Å²) in [5.74, 6) is -107. The van der Waals surface area contributed by atoms with Gasteiger partial charge in [0, 0.05) is 39.3 Å². The van der Waals surface area contributed by atoms with Gasteiger partial charge in [-0.1, -0.05) is 0 Å². The van der Waals surface area contributed by atoms with Crippen LogP contribution in [0.15, 0.2) is 0 Å². The second-order valence-corrected chi connectivity index (χ2v) is 18.6. The van der Waals surface area contributed by atoms with Gasteiger partial charge in [0.05, 0.1) is 0 Å². The van der Waals surface area contributed by atoms with Crippen LogP contribution in [0.2, 0.25) is 0 Å². The summed E-state index contributed by atoms with van der Waals surface area (Å²) in [5, 5.41) is 7.81. The summed E-state index contributed by atoms with van der Waals surface area (Å²) in [6.45, 7) is -13.0. The third-order valence-corrected chi connectivity index (χ3v) is 13.4. The first-order chi connectivity index (χ1) is 44.7. The Labute approximate surface area is 507 Å². The molecule has 12 nitrogen and oxygen atoms in total. The zero-order valence-electron chi connectivity index (χ0n) is 45.0. The molecule has 0 unspecified atom stereocenters. The van der Waals surface area contributed by atoms with E-state index in [0.717, 1.165) is 0 Å². The standard InChI is InChI=1S/C54H18F30N6O6/c55-19-13(20(56)32(68)43(79)31(19)67)49(91)85-1-7-8(2-86-50(92)14-21(57)33(69)44(80)34(70)22(14)58)10(4-88-52(94)16-25(61)37(73)46(82)38(74)26(16)62)12(6-90-54(96)18-29(65)41(77)48(84)42(78)30(18)66)11(5-89-53(95)17-27(63)39(75)47(83)40(76)28(17)64)9(7)3-87-51(93)15-23(59)35(71)45(81)36(72)24(15)60/h1-6H2,(H,85,91)(H,86,92)(H,87,93)(H,88,94)(H,89,95)(H,90,96). The van der Waals surface area contributed by atoms with Crippen molar-refractivity contribution in [2.24, 2.45) is 0 Å². The van der Waals surface area contributed by atoms with Crippen molar-refractivity contribution in [2.45, 2.75) is 39.3 Å². The lowest BCUT2D eigenvalue weighted by Gasteiger charge is -2.28. The van der Waals surface area contributed by atoms with Crippen LogP contribution in [0.5, 0.6) is 0 Å². The van der Waals surface area contributed by atoms with Gasteiger partial charge in [-0.3, -0.25) is 28.8 Å².